The summed E-state index contributed by atoms with van der Waals surface area (Å²) in [4.78, 5) is 6.64. The summed E-state index contributed by atoms with van der Waals surface area (Å²) in [6.45, 7) is 5.30. The highest BCUT2D eigenvalue weighted by Crippen LogP contribution is 2.23. The Labute approximate surface area is 118 Å². The van der Waals surface area contributed by atoms with Crippen LogP contribution in [0.15, 0.2) is 18.5 Å². The zero-order valence-corrected chi connectivity index (χ0v) is 11.8. The van der Waals surface area contributed by atoms with Gasteiger partial charge in [-0.1, -0.05) is 0 Å². The van der Waals surface area contributed by atoms with Crippen LogP contribution < -0.4 is 10.6 Å². The first-order chi connectivity index (χ1) is 9.78. The third-order valence-corrected chi connectivity index (χ3v) is 3.74. The molecule has 1 aliphatic rings. The van der Waals surface area contributed by atoms with Crippen molar-refractivity contribution in [1.82, 2.24) is 14.6 Å². The highest BCUT2D eigenvalue weighted by atomic mass is 16.5. The van der Waals surface area contributed by atoms with Crippen LogP contribution in [0, 0.1) is 6.92 Å². The van der Waals surface area contributed by atoms with Crippen LogP contribution in [0.2, 0.25) is 0 Å². The average Bonchev–Trinajstić information content (AvgIpc) is 2.93. The lowest BCUT2D eigenvalue weighted by atomic mass is 10.1. The quantitative estimate of drug-likeness (QED) is 0.901. The van der Waals surface area contributed by atoms with Gasteiger partial charge in [0.2, 0.25) is 0 Å². The fraction of sp³-hybridized carbons (Fsp3) is 0.571. The fourth-order valence-corrected chi connectivity index (χ4v) is 2.75. The molecule has 1 saturated heterocycles. The second-order valence-corrected chi connectivity index (χ2v) is 5.27. The molecule has 0 aliphatic carbocycles. The Morgan fingerprint density at radius 1 is 1.35 bits per heavy atom. The van der Waals surface area contributed by atoms with Gasteiger partial charge < -0.3 is 15.4 Å². The van der Waals surface area contributed by atoms with E-state index in [2.05, 4.69) is 28.0 Å². The standard InChI is InChI=1S/C14H21N5O/c1-11-8-13-16-10-17-19(13)14(9-11)18-5-2-12(3-6-18)20-7-4-15/h8-10,12H,2-7,15H2,1H3. The normalized spacial score (nSPS) is 17.0. The second kappa shape index (κ2) is 5.76. The average molecular weight is 275 g/mol. The van der Waals surface area contributed by atoms with Crippen molar-refractivity contribution < 1.29 is 4.74 Å². The maximum Gasteiger partial charge on any atom is 0.157 e. The van der Waals surface area contributed by atoms with Gasteiger partial charge in [-0.15, -0.1) is 0 Å². The first-order valence-corrected chi connectivity index (χ1v) is 7.15. The summed E-state index contributed by atoms with van der Waals surface area (Å²) in [7, 11) is 0. The van der Waals surface area contributed by atoms with Gasteiger partial charge in [-0.2, -0.15) is 9.61 Å². The van der Waals surface area contributed by atoms with Crippen LogP contribution in [0.3, 0.4) is 0 Å². The Hall–Kier alpha value is -1.66. The van der Waals surface area contributed by atoms with Gasteiger partial charge >= 0.3 is 0 Å². The van der Waals surface area contributed by atoms with Crippen LogP contribution in [0.1, 0.15) is 18.4 Å². The van der Waals surface area contributed by atoms with Crippen LogP contribution in [0.5, 0.6) is 0 Å². The van der Waals surface area contributed by atoms with Crippen molar-refractivity contribution in [3.8, 4) is 0 Å². The number of hydrogen-bond acceptors (Lipinski definition) is 5. The van der Waals surface area contributed by atoms with Crippen LogP contribution in [-0.4, -0.2) is 46.9 Å². The van der Waals surface area contributed by atoms with Crippen molar-refractivity contribution >= 4 is 11.5 Å². The molecule has 0 radical (unpaired) electrons. The largest absolute Gasteiger partial charge is 0.377 e. The predicted octanol–water partition coefficient (Wildman–Crippen LogP) is 0.982. The topological polar surface area (TPSA) is 68.7 Å². The number of pyridine rings is 1. The van der Waals surface area contributed by atoms with E-state index in [9.17, 15) is 0 Å². The van der Waals surface area contributed by atoms with Gasteiger partial charge in [0.1, 0.15) is 12.1 Å². The van der Waals surface area contributed by atoms with Gasteiger partial charge in [0.25, 0.3) is 0 Å². The summed E-state index contributed by atoms with van der Waals surface area (Å²) in [6, 6.07) is 4.22. The third-order valence-electron chi connectivity index (χ3n) is 3.74. The lowest BCUT2D eigenvalue weighted by Gasteiger charge is -2.33. The number of ether oxygens (including phenoxy) is 1. The van der Waals surface area contributed by atoms with E-state index in [0.717, 1.165) is 37.4 Å². The third kappa shape index (κ3) is 2.62. The summed E-state index contributed by atoms with van der Waals surface area (Å²) >= 11 is 0. The maximum atomic E-state index is 5.73. The van der Waals surface area contributed by atoms with E-state index in [1.807, 2.05) is 10.6 Å². The molecule has 1 aliphatic heterocycles. The van der Waals surface area contributed by atoms with E-state index in [0.29, 0.717) is 19.3 Å². The van der Waals surface area contributed by atoms with E-state index < -0.39 is 0 Å². The van der Waals surface area contributed by atoms with Gasteiger partial charge in [0.15, 0.2) is 5.65 Å². The number of aryl methyl sites for hydroxylation is 1. The summed E-state index contributed by atoms with van der Waals surface area (Å²) in [5, 5.41) is 4.32. The number of fused-ring (bicyclic) bond motifs is 1. The summed E-state index contributed by atoms with van der Waals surface area (Å²) < 4.78 is 7.64. The molecule has 3 heterocycles. The Morgan fingerprint density at radius 2 is 2.15 bits per heavy atom. The van der Waals surface area contributed by atoms with Crippen molar-refractivity contribution in [3.63, 3.8) is 0 Å². The van der Waals surface area contributed by atoms with Gasteiger partial charge in [-0.25, -0.2) is 4.98 Å². The van der Waals surface area contributed by atoms with Crippen molar-refractivity contribution in [1.29, 1.82) is 0 Å². The molecule has 0 aromatic carbocycles. The fourth-order valence-electron chi connectivity index (χ4n) is 2.75. The number of rotatable bonds is 4. The molecule has 2 N–H and O–H groups in total. The molecule has 3 rings (SSSR count). The van der Waals surface area contributed by atoms with Crippen LogP contribution in [0.4, 0.5) is 5.82 Å². The second-order valence-electron chi connectivity index (χ2n) is 5.27. The molecular weight excluding hydrogens is 254 g/mol. The molecule has 6 nitrogen and oxygen atoms in total. The smallest absolute Gasteiger partial charge is 0.157 e. The molecule has 6 heteroatoms. The van der Waals surface area contributed by atoms with Crippen LogP contribution in [-0.2, 0) is 4.74 Å². The van der Waals surface area contributed by atoms with E-state index in [4.69, 9.17) is 10.5 Å². The number of piperidine rings is 1. The highest BCUT2D eigenvalue weighted by molar-refractivity contribution is 5.53. The molecule has 20 heavy (non-hydrogen) atoms. The minimum Gasteiger partial charge on any atom is -0.377 e. The zero-order valence-electron chi connectivity index (χ0n) is 11.8. The van der Waals surface area contributed by atoms with Gasteiger partial charge in [0, 0.05) is 19.6 Å². The molecule has 0 amide bonds. The van der Waals surface area contributed by atoms with Crippen molar-refractivity contribution in [3.05, 3.63) is 24.0 Å². The molecule has 108 valence electrons. The van der Waals surface area contributed by atoms with E-state index in [-0.39, 0.29) is 0 Å². The molecule has 0 saturated carbocycles. The van der Waals surface area contributed by atoms with E-state index in [1.165, 1.54) is 5.56 Å². The Morgan fingerprint density at radius 3 is 2.90 bits per heavy atom. The Balaban J connectivity index is 1.75. The summed E-state index contributed by atoms with van der Waals surface area (Å²) in [5.41, 5.74) is 7.59. The van der Waals surface area contributed by atoms with Crippen LogP contribution in [0.25, 0.3) is 5.65 Å². The minimum atomic E-state index is 0.339. The molecule has 0 atom stereocenters. The lowest BCUT2D eigenvalue weighted by molar-refractivity contribution is 0.0420. The van der Waals surface area contributed by atoms with Gasteiger partial charge in [-0.05, 0) is 37.5 Å². The molecule has 0 spiro atoms. The van der Waals surface area contributed by atoms with E-state index >= 15 is 0 Å². The first-order valence-electron chi connectivity index (χ1n) is 7.15. The Bertz CT molecular complexity index is 574. The summed E-state index contributed by atoms with van der Waals surface area (Å²) in [6.07, 6.45) is 4.01. The summed E-state index contributed by atoms with van der Waals surface area (Å²) in [5.74, 6) is 1.12. The minimum absolute atomic E-state index is 0.339. The SMILES string of the molecule is Cc1cc(N2CCC(OCCN)CC2)n2ncnc2c1. The number of nitrogens with zero attached hydrogens (tertiary/aromatic N) is 4. The first kappa shape index (κ1) is 13.3. The monoisotopic (exact) mass is 275 g/mol. The molecule has 1 fully saturated rings. The van der Waals surface area contributed by atoms with Crippen molar-refractivity contribution in [2.45, 2.75) is 25.9 Å². The molecule has 2 aromatic rings. The number of nitrogens with two attached hydrogens (primary N) is 1. The number of hydrogen-bond donors (Lipinski definition) is 1. The number of aromatic nitrogens is 3. The number of anilines is 1. The zero-order chi connectivity index (χ0) is 13.9. The van der Waals surface area contributed by atoms with Crippen molar-refractivity contribution in [2.24, 2.45) is 5.73 Å². The van der Waals surface area contributed by atoms with Crippen LogP contribution >= 0.6 is 0 Å². The molecule has 0 unspecified atom stereocenters. The van der Waals surface area contributed by atoms with Crippen molar-refractivity contribution in [2.75, 3.05) is 31.1 Å². The van der Waals surface area contributed by atoms with Gasteiger partial charge in [0.05, 0.1) is 12.7 Å². The molecular formula is C14H21N5O. The maximum absolute atomic E-state index is 5.73. The molecule has 0 bridgehead atoms. The Kier molecular flexibility index (Phi) is 3.84. The van der Waals surface area contributed by atoms with E-state index in [1.54, 1.807) is 6.33 Å². The lowest BCUT2D eigenvalue weighted by Crippen LogP contribution is -2.38. The van der Waals surface area contributed by atoms with Gasteiger partial charge in [-0.3, -0.25) is 0 Å². The highest BCUT2D eigenvalue weighted by Gasteiger charge is 2.21. The predicted molar refractivity (Wildman–Crippen MR) is 78.0 cm³/mol. The molecule has 2 aromatic heterocycles.